The quantitative estimate of drug-likeness (QED) is 0.868. The molecule has 1 aliphatic rings. The Morgan fingerprint density at radius 3 is 2.56 bits per heavy atom. The topological polar surface area (TPSA) is 53.4 Å². The fourth-order valence-corrected chi connectivity index (χ4v) is 4.37. The molecular formula is C19H23ClN2O2S. The molecule has 2 aromatic rings. The molecule has 25 heavy (non-hydrogen) atoms. The van der Waals surface area contributed by atoms with Crippen LogP contribution < -0.4 is 0 Å². The van der Waals surface area contributed by atoms with Crippen LogP contribution in [0.15, 0.2) is 24.3 Å². The first-order chi connectivity index (χ1) is 11.9. The Morgan fingerprint density at radius 1 is 1.32 bits per heavy atom. The summed E-state index contributed by atoms with van der Waals surface area (Å²) in [5.74, 6) is 0.0483. The molecular weight excluding hydrogens is 356 g/mol. The Bertz CT molecular complexity index is 749. The van der Waals surface area contributed by atoms with Crippen molar-refractivity contribution in [3.63, 3.8) is 0 Å². The van der Waals surface area contributed by atoms with Crippen LogP contribution in [-0.4, -0.2) is 34.0 Å². The van der Waals surface area contributed by atoms with Gasteiger partial charge in [0.15, 0.2) is 0 Å². The Hall–Kier alpha value is -1.43. The fraction of sp³-hybridized carbons (Fsp3) is 0.474. The smallest absolute Gasteiger partial charge is 0.265 e. The molecule has 134 valence electrons. The predicted octanol–water partition coefficient (Wildman–Crippen LogP) is 4.18. The van der Waals surface area contributed by atoms with Crippen LogP contribution in [0.3, 0.4) is 0 Å². The number of amides is 1. The molecule has 2 heterocycles. The predicted molar refractivity (Wildman–Crippen MR) is 101 cm³/mol. The molecule has 6 heteroatoms. The molecule has 1 aromatic carbocycles. The third-order valence-electron chi connectivity index (χ3n) is 4.74. The first-order valence-electron chi connectivity index (χ1n) is 8.67. The van der Waals surface area contributed by atoms with Gasteiger partial charge in [0.25, 0.3) is 5.91 Å². The van der Waals surface area contributed by atoms with Crippen LogP contribution in [0, 0.1) is 6.92 Å². The molecule has 0 unspecified atom stereocenters. The van der Waals surface area contributed by atoms with E-state index in [1.54, 1.807) is 12.1 Å². The molecule has 3 rings (SSSR count). The fourth-order valence-electron chi connectivity index (χ4n) is 3.32. The van der Waals surface area contributed by atoms with E-state index in [1.807, 2.05) is 24.0 Å². The number of rotatable bonds is 4. The van der Waals surface area contributed by atoms with E-state index < -0.39 is 5.60 Å². The van der Waals surface area contributed by atoms with Crippen molar-refractivity contribution in [3.05, 3.63) is 50.4 Å². The maximum Gasteiger partial charge on any atom is 0.265 e. The normalized spacial score (nSPS) is 16.9. The highest BCUT2D eigenvalue weighted by atomic mass is 35.5. The number of thiazole rings is 1. The molecule has 1 aromatic heterocycles. The van der Waals surface area contributed by atoms with E-state index in [4.69, 9.17) is 11.6 Å². The highest BCUT2D eigenvalue weighted by Crippen LogP contribution is 2.34. The number of hydrogen-bond donors (Lipinski definition) is 1. The van der Waals surface area contributed by atoms with Crippen molar-refractivity contribution < 1.29 is 9.90 Å². The maximum atomic E-state index is 12.9. The van der Waals surface area contributed by atoms with Gasteiger partial charge < -0.3 is 10.0 Å². The number of benzene rings is 1. The van der Waals surface area contributed by atoms with Gasteiger partial charge in [0.05, 0.1) is 16.3 Å². The van der Waals surface area contributed by atoms with Gasteiger partial charge in [-0.3, -0.25) is 4.79 Å². The number of carbonyl (C=O) groups excluding carboxylic acids is 1. The summed E-state index contributed by atoms with van der Waals surface area (Å²) >= 11 is 7.41. The van der Waals surface area contributed by atoms with Gasteiger partial charge in [-0.15, -0.1) is 11.3 Å². The molecule has 1 aliphatic heterocycles. The van der Waals surface area contributed by atoms with E-state index in [1.165, 1.54) is 11.3 Å². The van der Waals surface area contributed by atoms with Crippen LogP contribution in [0.4, 0.5) is 0 Å². The van der Waals surface area contributed by atoms with Crippen molar-refractivity contribution in [2.45, 2.75) is 45.1 Å². The molecule has 4 nitrogen and oxygen atoms in total. The first-order valence-corrected chi connectivity index (χ1v) is 9.86. The van der Waals surface area contributed by atoms with Gasteiger partial charge >= 0.3 is 0 Å². The molecule has 0 spiro atoms. The first kappa shape index (κ1) is 18.4. The van der Waals surface area contributed by atoms with Crippen LogP contribution in [0.1, 0.15) is 52.1 Å². The number of hydrogen-bond acceptors (Lipinski definition) is 4. The van der Waals surface area contributed by atoms with E-state index in [-0.39, 0.29) is 5.91 Å². The number of aromatic nitrogens is 1. The van der Waals surface area contributed by atoms with Gasteiger partial charge in [0, 0.05) is 18.1 Å². The van der Waals surface area contributed by atoms with Gasteiger partial charge in [0.1, 0.15) is 4.88 Å². The van der Waals surface area contributed by atoms with E-state index in [2.05, 4.69) is 11.9 Å². The van der Waals surface area contributed by atoms with Gasteiger partial charge in [-0.05, 0) is 43.9 Å². The van der Waals surface area contributed by atoms with Crippen molar-refractivity contribution >= 4 is 28.8 Å². The number of likely N-dealkylation sites (tertiary alicyclic amines) is 1. The summed E-state index contributed by atoms with van der Waals surface area (Å²) in [5, 5.41) is 12.5. The zero-order valence-electron chi connectivity index (χ0n) is 14.6. The van der Waals surface area contributed by atoms with Gasteiger partial charge in [-0.2, -0.15) is 0 Å². The number of nitrogens with zero attached hydrogens (tertiary/aromatic N) is 2. The van der Waals surface area contributed by atoms with E-state index in [0.717, 1.165) is 34.0 Å². The molecule has 0 saturated carbocycles. The van der Waals surface area contributed by atoms with Gasteiger partial charge in [-0.25, -0.2) is 4.98 Å². The Labute approximate surface area is 157 Å². The Balaban J connectivity index is 1.71. The number of halogens is 1. The summed E-state index contributed by atoms with van der Waals surface area (Å²) < 4.78 is 0. The third kappa shape index (κ3) is 3.89. The summed E-state index contributed by atoms with van der Waals surface area (Å²) in [6.45, 7) is 5.12. The van der Waals surface area contributed by atoms with E-state index >= 15 is 0 Å². The molecule has 0 atom stereocenters. The molecule has 1 saturated heterocycles. The highest BCUT2D eigenvalue weighted by Gasteiger charge is 2.36. The number of piperidine rings is 1. The van der Waals surface area contributed by atoms with E-state index in [9.17, 15) is 9.90 Å². The highest BCUT2D eigenvalue weighted by molar-refractivity contribution is 7.13. The van der Waals surface area contributed by atoms with Crippen LogP contribution in [0.25, 0.3) is 0 Å². The molecule has 0 bridgehead atoms. The average molecular weight is 379 g/mol. The average Bonchev–Trinajstić information content (AvgIpc) is 2.96. The van der Waals surface area contributed by atoms with Gasteiger partial charge in [-0.1, -0.05) is 37.1 Å². The second kappa shape index (κ2) is 7.44. The summed E-state index contributed by atoms with van der Waals surface area (Å²) in [5.41, 5.74) is 0.884. The van der Waals surface area contributed by atoms with Crippen LogP contribution in [0.2, 0.25) is 5.02 Å². The lowest BCUT2D eigenvalue weighted by Crippen LogP contribution is -2.45. The van der Waals surface area contributed by atoms with Crippen LogP contribution in [-0.2, 0) is 12.0 Å². The second-order valence-corrected chi connectivity index (χ2v) is 8.23. The van der Waals surface area contributed by atoms with Crippen molar-refractivity contribution in [1.29, 1.82) is 0 Å². The van der Waals surface area contributed by atoms with Crippen LogP contribution in [0.5, 0.6) is 0 Å². The monoisotopic (exact) mass is 378 g/mol. The maximum absolute atomic E-state index is 12.9. The summed E-state index contributed by atoms with van der Waals surface area (Å²) in [7, 11) is 0. The zero-order valence-corrected chi connectivity index (χ0v) is 16.2. The lowest BCUT2D eigenvalue weighted by Gasteiger charge is -2.38. The molecule has 0 aliphatic carbocycles. The van der Waals surface area contributed by atoms with E-state index in [0.29, 0.717) is 31.0 Å². The summed E-state index contributed by atoms with van der Waals surface area (Å²) in [4.78, 5) is 20.0. The van der Waals surface area contributed by atoms with Crippen molar-refractivity contribution in [1.82, 2.24) is 9.88 Å². The third-order valence-corrected chi connectivity index (χ3v) is 6.00. The summed E-state index contributed by atoms with van der Waals surface area (Å²) in [6, 6.07) is 7.32. The Kier molecular flexibility index (Phi) is 5.46. The number of aliphatic hydroxyl groups is 1. The molecule has 1 fully saturated rings. The molecule has 1 amide bonds. The second-order valence-electron chi connectivity index (χ2n) is 6.59. The number of carbonyl (C=O) groups is 1. The minimum absolute atomic E-state index is 0.0483. The van der Waals surface area contributed by atoms with Crippen molar-refractivity contribution in [2.75, 3.05) is 13.1 Å². The van der Waals surface area contributed by atoms with Gasteiger partial charge in [0.2, 0.25) is 0 Å². The summed E-state index contributed by atoms with van der Waals surface area (Å²) in [6.07, 6.45) is 2.86. The minimum atomic E-state index is -0.892. The SMILES string of the molecule is CCCc1nc(C)sc1C(=O)N1CCC(O)(c2ccc(Cl)cc2)CC1. The lowest BCUT2D eigenvalue weighted by molar-refractivity contribution is -0.0210. The Morgan fingerprint density at radius 2 is 1.96 bits per heavy atom. The lowest BCUT2D eigenvalue weighted by atomic mass is 9.84. The molecule has 1 N–H and O–H groups in total. The molecule has 0 radical (unpaired) electrons. The minimum Gasteiger partial charge on any atom is -0.385 e. The van der Waals surface area contributed by atoms with Crippen LogP contribution >= 0.6 is 22.9 Å². The number of aryl methyl sites for hydroxylation is 2. The van der Waals surface area contributed by atoms with Crippen molar-refractivity contribution in [3.8, 4) is 0 Å². The standard InChI is InChI=1S/C19H23ClN2O2S/c1-3-4-16-17(25-13(2)21-16)18(23)22-11-9-19(24,10-12-22)14-5-7-15(20)8-6-14/h5-8,24H,3-4,9-12H2,1-2H3. The zero-order chi connectivity index (χ0) is 18.0. The van der Waals surface area contributed by atoms with Crippen molar-refractivity contribution in [2.24, 2.45) is 0 Å². The largest absolute Gasteiger partial charge is 0.385 e.